The third-order valence-corrected chi connectivity index (χ3v) is 21.3. The van der Waals surface area contributed by atoms with Crippen molar-refractivity contribution in [2.24, 2.45) is 35.5 Å². The average Bonchev–Trinajstić information content (AvgIpc) is 1.56. The van der Waals surface area contributed by atoms with Crippen molar-refractivity contribution in [2.45, 2.75) is 255 Å². The van der Waals surface area contributed by atoms with E-state index < -0.39 is 161 Å². The van der Waals surface area contributed by atoms with Gasteiger partial charge in [0, 0.05) is 66.2 Å². The van der Waals surface area contributed by atoms with Crippen LogP contribution in [0.2, 0.25) is 0 Å². The fourth-order valence-corrected chi connectivity index (χ4v) is 15.5. The van der Waals surface area contributed by atoms with E-state index in [9.17, 15) is 51.5 Å². The fourth-order valence-electron chi connectivity index (χ4n) is 15.0. The molecule has 0 radical (unpaired) electrons. The number of halogens is 4. The molecule has 1 spiro atoms. The summed E-state index contributed by atoms with van der Waals surface area (Å²) in [5, 5.41) is 10.6. The lowest BCUT2D eigenvalue weighted by molar-refractivity contribution is -0.182. The van der Waals surface area contributed by atoms with Gasteiger partial charge in [0.15, 0.2) is 0 Å². The summed E-state index contributed by atoms with van der Waals surface area (Å²) in [6, 6.07) is -8.62. The molecule has 12 atom stereocenters. The number of carbonyl (C=O) groups excluding carboxylic acids is 11. The van der Waals surface area contributed by atoms with Gasteiger partial charge in [-0.05, 0) is 120 Å². The van der Waals surface area contributed by atoms with Crippen LogP contribution in [0.4, 0.5) is 13.2 Å². The predicted molar refractivity (Wildman–Crippen MR) is 341 cm³/mol. The Bertz CT molecular complexity index is 2640. The molecule has 520 valence electrons. The maximum atomic E-state index is 15.2. The zero-order chi connectivity index (χ0) is 68.3. The quantitative estimate of drug-likeness (QED) is 0.191. The van der Waals surface area contributed by atoms with E-state index in [0.717, 1.165) is 37.0 Å². The lowest BCUT2D eigenvalue weighted by atomic mass is 9.78. The average molecular weight is 1320 g/mol. The van der Waals surface area contributed by atoms with Crippen LogP contribution in [-0.4, -0.2) is 226 Å². The minimum atomic E-state index is -4.49. The first-order valence-corrected chi connectivity index (χ1v) is 34.5. The molecule has 0 bridgehead atoms. The monoisotopic (exact) mass is 1320 g/mol. The number of amides is 11. The van der Waals surface area contributed by atoms with Crippen molar-refractivity contribution in [2.75, 3.05) is 61.4 Å². The number of likely N-dealkylation sites (N-methyl/N-ethyl adjacent to an activating group) is 5. The molecule has 4 N–H and O–H groups in total. The summed E-state index contributed by atoms with van der Waals surface area (Å²) in [4.78, 5) is 171. The molecule has 22 nitrogen and oxygen atoms in total. The Morgan fingerprint density at radius 2 is 1.17 bits per heavy atom. The predicted octanol–water partition coefficient (Wildman–Crippen LogP) is 5.76. The van der Waals surface area contributed by atoms with Crippen molar-refractivity contribution >= 4 is 76.6 Å². The summed E-state index contributed by atoms with van der Waals surface area (Å²) in [6.45, 7) is 11.9. The van der Waals surface area contributed by atoms with Crippen LogP contribution in [0.15, 0.2) is 0 Å². The van der Waals surface area contributed by atoms with Gasteiger partial charge >= 0.3 is 6.18 Å². The zero-order valence-corrected chi connectivity index (χ0v) is 57.4. The number of hydrogen-bond donors (Lipinski definition) is 4. The third-order valence-electron chi connectivity index (χ3n) is 20.8. The third kappa shape index (κ3) is 18.8. The van der Waals surface area contributed by atoms with Crippen LogP contribution in [0.5, 0.6) is 0 Å². The molecule has 3 aliphatic carbocycles. The summed E-state index contributed by atoms with van der Waals surface area (Å²) in [5.74, 6) is -9.26. The van der Waals surface area contributed by atoms with Gasteiger partial charge in [-0.2, -0.15) is 13.2 Å². The molecule has 11 amide bonds. The minimum absolute atomic E-state index is 0.0222. The topological polar surface area (TPSA) is 259 Å². The van der Waals surface area contributed by atoms with Crippen LogP contribution in [-0.2, 0) is 52.7 Å². The second-order valence-corrected chi connectivity index (χ2v) is 29.1. The highest BCUT2D eigenvalue weighted by molar-refractivity contribution is 6.20. The second kappa shape index (κ2) is 33.1. The molecule has 6 aliphatic rings. The van der Waals surface area contributed by atoms with Gasteiger partial charge in [-0.15, -0.1) is 11.6 Å². The van der Waals surface area contributed by atoms with Crippen molar-refractivity contribution < 1.29 is 65.9 Å². The molecule has 0 aromatic carbocycles. The summed E-state index contributed by atoms with van der Waals surface area (Å²) in [5.41, 5.74) is -1.47. The van der Waals surface area contributed by atoms with Crippen LogP contribution in [0.25, 0.3) is 0 Å². The number of alkyl halides is 4. The Balaban J connectivity index is 1.37. The fraction of sp³-hybridized carbons (Fsp3) is 0.833. The van der Waals surface area contributed by atoms with Gasteiger partial charge in [0.1, 0.15) is 47.8 Å². The maximum Gasteiger partial charge on any atom is 0.393 e. The van der Waals surface area contributed by atoms with E-state index in [1.54, 1.807) is 27.7 Å². The van der Waals surface area contributed by atoms with Gasteiger partial charge in [-0.25, -0.2) is 0 Å². The van der Waals surface area contributed by atoms with Gasteiger partial charge < -0.3 is 55.6 Å². The summed E-state index contributed by atoms with van der Waals surface area (Å²) < 4.78 is 41.9. The molecule has 6 fully saturated rings. The molecule has 6 rings (SSSR count). The van der Waals surface area contributed by atoms with Crippen molar-refractivity contribution in [1.29, 1.82) is 0 Å². The molecule has 26 heteroatoms. The normalized spacial score (nSPS) is 30.9. The van der Waals surface area contributed by atoms with Gasteiger partial charge in [0.05, 0.1) is 19.0 Å². The van der Waals surface area contributed by atoms with Crippen molar-refractivity contribution in [1.82, 2.24) is 55.6 Å². The molecule has 92 heavy (non-hydrogen) atoms. The number of nitrogens with one attached hydrogen (secondary N) is 4. The highest BCUT2D eigenvalue weighted by Crippen LogP contribution is 2.44. The SMILES string of the molecule is CC[C@H](C)[C@@H]1NC(=O)[C@H](CC(C)C)N(C)C(=O)C[C@@H](C)NC(=O)[C@H](C(C)C)N(C)C(=O)C2(CCCC2)NC(=O)[C@@H]2CCCN2C(=O)[C@H](CCC2CCC(C(F)(F)F)C(Cl)C2)NC(=O)[C@H]2CCCN2C(=O)[C@H](CC2CCCCC2)N(C)C(=O)CN(C)C(=O)CN(C)C1=O. The van der Waals surface area contributed by atoms with Crippen LogP contribution in [0, 0.1) is 35.5 Å². The smallest absolute Gasteiger partial charge is 0.351 e. The van der Waals surface area contributed by atoms with E-state index >= 15 is 14.4 Å². The molecule has 0 aromatic heterocycles. The molecule has 3 heterocycles. The van der Waals surface area contributed by atoms with E-state index in [2.05, 4.69) is 21.3 Å². The van der Waals surface area contributed by atoms with Crippen LogP contribution >= 0.6 is 11.6 Å². The minimum Gasteiger partial charge on any atom is -0.351 e. The van der Waals surface area contributed by atoms with Crippen LogP contribution < -0.4 is 21.3 Å². The Kier molecular flexibility index (Phi) is 27.1. The van der Waals surface area contributed by atoms with Crippen molar-refractivity contribution in [3.8, 4) is 0 Å². The molecule has 0 aromatic rings. The van der Waals surface area contributed by atoms with Gasteiger partial charge in [-0.1, -0.05) is 92.9 Å². The number of carbonyl (C=O) groups is 11. The zero-order valence-electron chi connectivity index (χ0n) is 56.7. The number of hydrogen-bond acceptors (Lipinski definition) is 11. The van der Waals surface area contributed by atoms with Gasteiger partial charge in [-0.3, -0.25) is 52.7 Å². The standard InChI is InChI=1S/C66H107ClF3N11O11/c1-13-41(6)55-63(91)76(9)37-53(83)75(8)38-54(84)78(11)51(36-43-21-15-14-16-22-43)62(90)81-32-19-23-48(81)57(85)72-47(28-26-44-25-27-45(46(67)35-44)66(68,69)70)61(89)80-31-20-24-49(80)59(87)74-65(29-17-18-30-65)64(92)79(12)56(40(4)5)60(88)71-42(7)34-52(82)77(10)50(33-39(2)3)58(86)73-55/h39-51,55-56H,13-38H2,1-12H3,(H,71,88)(H,72,85)(H,73,86)(H,74,87)/t41-,42+,44?,45?,46?,47-,48+,49-,50-,51-,55-,56-/m0/s1. The maximum absolute atomic E-state index is 15.2. The van der Waals surface area contributed by atoms with E-state index in [1.807, 2.05) is 20.8 Å². The molecule has 3 unspecified atom stereocenters. The molecule has 3 saturated carbocycles. The number of fused-ring (bicyclic) bond motifs is 2. The Hall–Kier alpha value is -5.75. The first kappa shape index (κ1) is 75.3. The highest BCUT2D eigenvalue weighted by Gasteiger charge is 2.51. The largest absolute Gasteiger partial charge is 0.393 e. The summed E-state index contributed by atoms with van der Waals surface area (Å²) in [7, 11) is 7.30. The highest BCUT2D eigenvalue weighted by atomic mass is 35.5. The molecular formula is C66H107ClF3N11O11. The van der Waals surface area contributed by atoms with Crippen LogP contribution in [0.3, 0.4) is 0 Å². The van der Waals surface area contributed by atoms with Crippen molar-refractivity contribution in [3.63, 3.8) is 0 Å². The lowest BCUT2D eigenvalue weighted by Gasteiger charge is -2.39. The van der Waals surface area contributed by atoms with E-state index in [-0.39, 0.29) is 108 Å². The molecule has 3 saturated heterocycles. The first-order valence-electron chi connectivity index (χ1n) is 34.0. The molecular weight excluding hydrogens is 1220 g/mol. The van der Waals surface area contributed by atoms with Crippen molar-refractivity contribution in [3.05, 3.63) is 0 Å². The van der Waals surface area contributed by atoms with E-state index in [1.165, 1.54) is 64.6 Å². The number of rotatable bonds is 10. The Morgan fingerprint density at radius 1 is 0.587 bits per heavy atom. The first-order chi connectivity index (χ1) is 43.2. The Morgan fingerprint density at radius 3 is 1.75 bits per heavy atom. The van der Waals surface area contributed by atoms with Crippen LogP contribution in [0.1, 0.15) is 190 Å². The van der Waals surface area contributed by atoms with Gasteiger partial charge in [0.2, 0.25) is 65.0 Å². The second-order valence-electron chi connectivity index (χ2n) is 28.6. The summed E-state index contributed by atoms with van der Waals surface area (Å²) in [6.07, 6.45) is 3.67. The lowest BCUT2D eigenvalue weighted by Crippen LogP contribution is -2.64. The number of nitrogens with zero attached hydrogens (tertiary/aromatic N) is 7. The van der Waals surface area contributed by atoms with Gasteiger partial charge in [0.25, 0.3) is 0 Å². The summed E-state index contributed by atoms with van der Waals surface area (Å²) >= 11 is 6.40. The van der Waals surface area contributed by atoms with E-state index in [0.29, 0.717) is 32.1 Å². The Labute approximate surface area is 548 Å². The van der Waals surface area contributed by atoms with E-state index in [4.69, 9.17) is 11.6 Å². The molecule has 3 aliphatic heterocycles.